The van der Waals surface area contributed by atoms with Crippen LogP contribution in [0.3, 0.4) is 0 Å². The van der Waals surface area contributed by atoms with Gasteiger partial charge >= 0.3 is 5.97 Å². The summed E-state index contributed by atoms with van der Waals surface area (Å²) in [6, 6.07) is 13.9. The highest BCUT2D eigenvalue weighted by Crippen LogP contribution is 2.41. The third-order valence-corrected chi connectivity index (χ3v) is 8.69. The zero-order valence-electron chi connectivity index (χ0n) is 21.0. The highest BCUT2D eigenvalue weighted by Gasteiger charge is 2.53. The topological polar surface area (TPSA) is 118 Å². The molecule has 0 radical (unpaired) electrons. The second-order valence-corrected chi connectivity index (χ2v) is 11.4. The predicted molar refractivity (Wildman–Crippen MR) is 151 cm³/mol. The number of carboxylic acids is 1. The Morgan fingerprint density at radius 2 is 2.10 bits per heavy atom. The Morgan fingerprint density at radius 1 is 1.23 bits per heavy atom. The SMILES string of the molecule is C=c1ccc2c(c1)Oc1cc(OCC=CC3=C(C(=O)O)N4C(=O)[C@@H](NC(=O)Cc5cccs5)[C@H]4SC3)ccc1N=2. The number of amides is 2. The van der Waals surface area contributed by atoms with Crippen molar-refractivity contribution in [3.63, 3.8) is 0 Å². The maximum atomic E-state index is 12.9. The molecule has 1 saturated heterocycles. The van der Waals surface area contributed by atoms with Gasteiger partial charge in [-0.1, -0.05) is 24.8 Å². The molecule has 0 aliphatic carbocycles. The number of ether oxygens (including phenoxy) is 2. The Kier molecular flexibility index (Phi) is 6.91. The molecule has 11 heteroatoms. The molecule has 3 aliphatic rings. The molecule has 0 spiro atoms. The molecule has 2 atom stereocenters. The molecule has 40 heavy (non-hydrogen) atoms. The Balaban J connectivity index is 1.09. The van der Waals surface area contributed by atoms with Crippen LogP contribution in [-0.4, -0.2) is 51.6 Å². The summed E-state index contributed by atoms with van der Waals surface area (Å²) in [6.07, 6.45) is 3.56. The van der Waals surface area contributed by atoms with E-state index in [1.165, 1.54) is 28.0 Å². The molecule has 0 unspecified atom stereocenters. The summed E-state index contributed by atoms with van der Waals surface area (Å²) in [5.41, 5.74) is 1.13. The van der Waals surface area contributed by atoms with Crippen LogP contribution in [0.15, 0.2) is 82.3 Å². The number of fused-ring (bicyclic) bond motifs is 3. The van der Waals surface area contributed by atoms with E-state index in [0.717, 1.165) is 15.5 Å². The fraction of sp³-hybridized carbons (Fsp3) is 0.172. The molecular formula is C29H23N3O6S2. The smallest absolute Gasteiger partial charge is 0.352 e. The van der Waals surface area contributed by atoms with Gasteiger partial charge in [-0.2, -0.15) is 0 Å². The first-order chi connectivity index (χ1) is 19.4. The average molecular weight is 574 g/mol. The highest BCUT2D eigenvalue weighted by atomic mass is 32.2. The molecule has 6 rings (SSSR count). The Labute approximate surface area is 237 Å². The summed E-state index contributed by atoms with van der Waals surface area (Å²) >= 11 is 2.88. The number of rotatable bonds is 8. The van der Waals surface area contributed by atoms with E-state index in [2.05, 4.69) is 16.9 Å². The number of aliphatic carboxylic acids is 1. The van der Waals surface area contributed by atoms with Crippen LogP contribution in [0.4, 0.5) is 5.69 Å². The van der Waals surface area contributed by atoms with Crippen LogP contribution < -0.4 is 25.4 Å². The van der Waals surface area contributed by atoms with Crippen molar-refractivity contribution in [1.29, 1.82) is 0 Å². The summed E-state index contributed by atoms with van der Waals surface area (Å²) in [6.45, 7) is 4.09. The van der Waals surface area contributed by atoms with Crippen LogP contribution in [0, 0.1) is 0 Å². The molecule has 1 fully saturated rings. The molecule has 2 N–H and O–H groups in total. The van der Waals surface area contributed by atoms with E-state index in [4.69, 9.17) is 9.47 Å². The molecule has 2 amide bonds. The number of allylic oxidation sites excluding steroid dienone is 1. The van der Waals surface area contributed by atoms with Crippen LogP contribution in [0.25, 0.3) is 6.58 Å². The number of thioether (sulfide) groups is 1. The second kappa shape index (κ2) is 10.7. The minimum atomic E-state index is -1.19. The van der Waals surface area contributed by atoms with Crippen molar-refractivity contribution in [2.24, 2.45) is 4.99 Å². The predicted octanol–water partition coefficient (Wildman–Crippen LogP) is 3.13. The normalized spacial score (nSPS) is 19.1. The first-order valence-corrected chi connectivity index (χ1v) is 14.3. The lowest BCUT2D eigenvalue weighted by Gasteiger charge is -2.49. The monoisotopic (exact) mass is 573 g/mol. The van der Waals surface area contributed by atoms with Gasteiger partial charge in [-0.05, 0) is 52.6 Å². The first-order valence-electron chi connectivity index (χ1n) is 12.4. The van der Waals surface area contributed by atoms with Crippen molar-refractivity contribution >= 4 is 53.1 Å². The standard InChI is InChI=1S/C29H23N3O6S2/c1-16-6-8-20-22(12-16)38-23-13-18(7-9-21(23)30-20)37-10-2-4-17-15-40-28-25(27(34)32(28)26(17)29(35)36)31-24(33)14-19-5-3-11-39-19/h2-9,11-13,25,28H,1,10,14-15H2,(H,31,33)(H,35,36)/t25-,28-/m1/s1. The van der Waals surface area contributed by atoms with Crippen LogP contribution in [0.5, 0.6) is 17.2 Å². The maximum Gasteiger partial charge on any atom is 0.352 e. The van der Waals surface area contributed by atoms with Gasteiger partial charge in [0.1, 0.15) is 40.5 Å². The highest BCUT2D eigenvalue weighted by molar-refractivity contribution is 8.00. The van der Waals surface area contributed by atoms with Crippen LogP contribution in [0.2, 0.25) is 0 Å². The molecule has 4 heterocycles. The average Bonchev–Trinajstić information content (AvgIpc) is 3.45. The molecule has 9 nitrogen and oxygen atoms in total. The number of carbonyl (C=O) groups is 3. The third-order valence-electron chi connectivity index (χ3n) is 6.51. The van der Waals surface area contributed by atoms with E-state index in [-0.39, 0.29) is 24.6 Å². The molecule has 0 bridgehead atoms. The van der Waals surface area contributed by atoms with E-state index in [1.807, 2.05) is 41.8 Å². The van der Waals surface area contributed by atoms with Gasteiger partial charge in [0, 0.05) is 16.7 Å². The van der Waals surface area contributed by atoms with Crippen molar-refractivity contribution in [3.05, 3.63) is 92.8 Å². The summed E-state index contributed by atoms with van der Waals surface area (Å²) in [4.78, 5) is 44.1. The van der Waals surface area contributed by atoms with Crippen LogP contribution in [0.1, 0.15) is 4.88 Å². The van der Waals surface area contributed by atoms with Crippen molar-refractivity contribution < 1.29 is 29.0 Å². The van der Waals surface area contributed by atoms with Gasteiger partial charge in [0.15, 0.2) is 11.5 Å². The van der Waals surface area contributed by atoms with E-state index in [1.54, 1.807) is 24.3 Å². The van der Waals surface area contributed by atoms with Crippen molar-refractivity contribution in [3.8, 4) is 17.2 Å². The lowest BCUT2D eigenvalue weighted by Crippen LogP contribution is -2.70. The minimum Gasteiger partial charge on any atom is -0.489 e. The number of benzene rings is 2. The van der Waals surface area contributed by atoms with Gasteiger partial charge in [0.05, 0.1) is 6.42 Å². The van der Waals surface area contributed by atoms with Crippen LogP contribution in [-0.2, 0) is 20.8 Å². The summed E-state index contributed by atoms with van der Waals surface area (Å²) in [7, 11) is 0. The number of nitrogens with one attached hydrogen (secondary N) is 1. The van der Waals surface area contributed by atoms with E-state index < -0.39 is 23.3 Å². The molecular weight excluding hydrogens is 550 g/mol. The number of carbonyl (C=O) groups excluding carboxylic acids is 2. The number of hydrogen-bond acceptors (Lipinski definition) is 8. The molecule has 1 aromatic heterocycles. The van der Waals surface area contributed by atoms with E-state index in [0.29, 0.717) is 34.3 Å². The van der Waals surface area contributed by atoms with Gasteiger partial charge in [-0.25, -0.2) is 9.79 Å². The summed E-state index contributed by atoms with van der Waals surface area (Å²) in [5.74, 6) is 0.264. The van der Waals surface area contributed by atoms with Gasteiger partial charge in [0.25, 0.3) is 5.91 Å². The lowest BCUT2D eigenvalue weighted by atomic mass is 10.0. The molecule has 2 aromatic carbocycles. The zero-order chi connectivity index (χ0) is 27.8. The second-order valence-electron chi connectivity index (χ2n) is 9.25. The van der Waals surface area contributed by atoms with E-state index in [9.17, 15) is 19.5 Å². The fourth-order valence-corrected chi connectivity index (χ4v) is 6.66. The first kappa shape index (κ1) is 25.9. The van der Waals surface area contributed by atoms with Crippen molar-refractivity contribution in [1.82, 2.24) is 10.2 Å². The van der Waals surface area contributed by atoms with Crippen LogP contribution >= 0.6 is 23.1 Å². The Morgan fingerprint density at radius 3 is 2.90 bits per heavy atom. The molecule has 3 aliphatic heterocycles. The molecule has 0 saturated carbocycles. The number of β-lactam (4-membered cyclic amide) rings is 1. The Hall–Kier alpha value is -4.35. The largest absolute Gasteiger partial charge is 0.489 e. The maximum absolute atomic E-state index is 12.9. The number of nitrogens with zero attached hydrogens (tertiary/aromatic N) is 2. The third kappa shape index (κ3) is 5.01. The quantitative estimate of drug-likeness (QED) is 0.311. The molecule has 3 aromatic rings. The summed E-state index contributed by atoms with van der Waals surface area (Å²) < 4.78 is 11.8. The van der Waals surface area contributed by atoms with Gasteiger partial charge in [0.2, 0.25) is 5.91 Å². The number of thiophene rings is 1. The minimum absolute atomic E-state index is 0.0685. The Bertz CT molecular complexity index is 1700. The number of hydrogen-bond donors (Lipinski definition) is 2. The van der Waals surface area contributed by atoms with Crippen molar-refractivity contribution in [2.75, 3.05) is 12.4 Å². The van der Waals surface area contributed by atoms with Gasteiger partial charge in [-0.3, -0.25) is 14.5 Å². The zero-order valence-corrected chi connectivity index (χ0v) is 22.7. The van der Waals surface area contributed by atoms with Crippen molar-refractivity contribution in [2.45, 2.75) is 17.8 Å². The lowest BCUT2D eigenvalue weighted by molar-refractivity contribution is -0.150. The van der Waals surface area contributed by atoms with E-state index >= 15 is 0 Å². The molecule has 202 valence electrons. The number of carboxylic acid groups (broad SMARTS) is 1. The fourth-order valence-electron chi connectivity index (χ4n) is 4.64. The van der Waals surface area contributed by atoms with Gasteiger partial charge < -0.3 is 19.9 Å². The summed E-state index contributed by atoms with van der Waals surface area (Å²) in [5, 5.41) is 15.6. The van der Waals surface area contributed by atoms with Gasteiger partial charge in [-0.15, -0.1) is 23.1 Å².